The van der Waals surface area contributed by atoms with Gasteiger partial charge in [0.1, 0.15) is 5.69 Å². The lowest BCUT2D eigenvalue weighted by atomic mass is 10.2. The molecule has 0 aliphatic carbocycles. The second kappa shape index (κ2) is 6.65. The topological polar surface area (TPSA) is 77.0 Å². The lowest BCUT2D eigenvalue weighted by molar-refractivity contribution is 0.102. The predicted octanol–water partition coefficient (Wildman–Crippen LogP) is 2.80. The molecule has 1 aromatic carbocycles. The van der Waals surface area contributed by atoms with E-state index in [9.17, 15) is 4.79 Å². The van der Waals surface area contributed by atoms with Crippen LogP contribution in [-0.2, 0) is 0 Å². The van der Waals surface area contributed by atoms with Crippen LogP contribution in [-0.4, -0.2) is 28.0 Å². The van der Waals surface area contributed by atoms with Crippen LogP contribution in [0.1, 0.15) is 10.4 Å². The Labute approximate surface area is 133 Å². The number of aromatic nitrogens is 3. The summed E-state index contributed by atoms with van der Waals surface area (Å²) >= 11 is 0. The molecule has 0 fully saturated rings. The van der Waals surface area contributed by atoms with Crippen molar-refractivity contribution < 1.29 is 9.53 Å². The third-order valence-electron chi connectivity index (χ3n) is 3.14. The van der Waals surface area contributed by atoms with Gasteiger partial charge in [0.15, 0.2) is 17.4 Å². The second-order valence-electron chi connectivity index (χ2n) is 4.65. The summed E-state index contributed by atoms with van der Waals surface area (Å²) in [6.45, 7) is 0. The molecule has 0 atom stereocenters. The minimum Gasteiger partial charge on any atom is -0.491 e. The Balaban J connectivity index is 1.93. The van der Waals surface area contributed by atoms with Crippen LogP contribution >= 0.6 is 0 Å². The molecule has 0 spiro atoms. The zero-order valence-electron chi connectivity index (χ0n) is 12.4. The Morgan fingerprint density at radius 1 is 1.04 bits per heavy atom. The molecule has 0 saturated carbocycles. The first-order valence-corrected chi connectivity index (χ1v) is 6.97. The van der Waals surface area contributed by atoms with E-state index >= 15 is 0 Å². The van der Waals surface area contributed by atoms with Crippen molar-refractivity contribution in [1.29, 1.82) is 0 Å². The van der Waals surface area contributed by atoms with Crippen molar-refractivity contribution in [2.75, 3.05) is 12.4 Å². The molecule has 0 aliphatic rings. The number of carbonyl (C=O) groups excluding carboxylic acids is 1. The van der Waals surface area contributed by atoms with Crippen LogP contribution < -0.4 is 10.1 Å². The Bertz CT molecular complexity index is 807. The molecule has 0 bridgehead atoms. The maximum atomic E-state index is 12.3. The molecule has 1 N–H and O–H groups in total. The number of pyridine rings is 1. The molecule has 114 valence electrons. The third-order valence-corrected chi connectivity index (χ3v) is 3.14. The van der Waals surface area contributed by atoms with Crippen LogP contribution in [0.4, 0.5) is 5.82 Å². The molecule has 0 unspecified atom stereocenters. The van der Waals surface area contributed by atoms with Crippen LogP contribution in [0.25, 0.3) is 11.5 Å². The van der Waals surface area contributed by atoms with E-state index < -0.39 is 0 Å². The van der Waals surface area contributed by atoms with E-state index in [1.54, 1.807) is 36.5 Å². The summed E-state index contributed by atoms with van der Waals surface area (Å²) in [4.78, 5) is 25.1. The molecule has 1 amide bonds. The lowest BCUT2D eigenvalue weighted by Crippen LogP contribution is -2.14. The molecule has 6 nitrogen and oxygen atoms in total. The van der Waals surface area contributed by atoms with Gasteiger partial charge in [-0.3, -0.25) is 9.78 Å². The average molecular weight is 306 g/mol. The second-order valence-corrected chi connectivity index (χ2v) is 4.65. The predicted molar refractivity (Wildman–Crippen MR) is 86.2 cm³/mol. The van der Waals surface area contributed by atoms with Gasteiger partial charge >= 0.3 is 0 Å². The standard InChI is InChI=1S/C17H14N4O2/c1-23-14-11-19-15(13-9-5-6-10-18-13)20-16(14)21-17(22)12-7-3-2-4-8-12/h2-11H,1H3,(H,19,20,21,22). The number of nitrogens with zero attached hydrogens (tertiary/aromatic N) is 3. The third kappa shape index (κ3) is 3.32. The Hall–Kier alpha value is -3.28. The van der Waals surface area contributed by atoms with Gasteiger partial charge in [0, 0.05) is 11.8 Å². The SMILES string of the molecule is COc1cnc(-c2ccccn2)nc1NC(=O)c1ccccc1. The Morgan fingerprint density at radius 3 is 2.52 bits per heavy atom. The van der Waals surface area contributed by atoms with Gasteiger partial charge in [0.2, 0.25) is 0 Å². The molecule has 0 saturated heterocycles. The van der Waals surface area contributed by atoms with E-state index in [-0.39, 0.29) is 5.91 Å². The van der Waals surface area contributed by atoms with E-state index in [1.807, 2.05) is 18.2 Å². The number of methoxy groups -OCH3 is 1. The van der Waals surface area contributed by atoms with E-state index in [4.69, 9.17) is 4.74 Å². The molecule has 2 aromatic heterocycles. The Morgan fingerprint density at radius 2 is 1.83 bits per heavy atom. The highest BCUT2D eigenvalue weighted by molar-refractivity contribution is 6.04. The number of hydrogen-bond acceptors (Lipinski definition) is 5. The molecule has 0 radical (unpaired) electrons. The average Bonchev–Trinajstić information content (AvgIpc) is 2.63. The van der Waals surface area contributed by atoms with Crippen molar-refractivity contribution in [2.45, 2.75) is 0 Å². The summed E-state index contributed by atoms with van der Waals surface area (Å²) in [5.41, 5.74) is 1.15. The molecule has 3 aromatic rings. The molecular weight excluding hydrogens is 292 g/mol. The van der Waals surface area contributed by atoms with Gasteiger partial charge in [-0.15, -0.1) is 0 Å². The number of rotatable bonds is 4. The first-order valence-electron chi connectivity index (χ1n) is 6.97. The minimum absolute atomic E-state index is 0.269. The van der Waals surface area contributed by atoms with Gasteiger partial charge in [-0.2, -0.15) is 0 Å². The van der Waals surface area contributed by atoms with Gasteiger partial charge in [0.25, 0.3) is 5.91 Å². The summed E-state index contributed by atoms with van der Waals surface area (Å²) in [7, 11) is 1.50. The van der Waals surface area contributed by atoms with Crippen LogP contribution in [0, 0.1) is 0 Å². The van der Waals surface area contributed by atoms with Crippen molar-refractivity contribution in [2.24, 2.45) is 0 Å². The van der Waals surface area contributed by atoms with Crippen LogP contribution in [0.5, 0.6) is 5.75 Å². The zero-order chi connectivity index (χ0) is 16.1. The minimum atomic E-state index is -0.269. The molecule has 23 heavy (non-hydrogen) atoms. The van der Waals surface area contributed by atoms with Gasteiger partial charge in [-0.05, 0) is 24.3 Å². The number of anilines is 1. The fourth-order valence-corrected chi connectivity index (χ4v) is 2.00. The van der Waals surface area contributed by atoms with Crippen molar-refractivity contribution >= 4 is 11.7 Å². The summed E-state index contributed by atoms with van der Waals surface area (Å²) in [5, 5.41) is 2.75. The molecular formula is C17H14N4O2. The van der Waals surface area contributed by atoms with E-state index in [1.165, 1.54) is 13.3 Å². The number of benzene rings is 1. The first kappa shape index (κ1) is 14.6. The molecule has 0 aliphatic heterocycles. The van der Waals surface area contributed by atoms with E-state index in [0.29, 0.717) is 28.6 Å². The molecule has 2 heterocycles. The van der Waals surface area contributed by atoms with Crippen LogP contribution in [0.3, 0.4) is 0 Å². The highest BCUT2D eigenvalue weighted by Crippen LogP contribution is 2.24. The number of ether oxygens (including phenoxy) is 1. The summed E-state index contributed by atoms with van der Waals surface area (Å²) in [6.07, 6.45) is 3.17. The number of hydrogen-bond donors (Lipinski definition) is 1. The maximum Gasteiger partial charge on any atom is 0.256 e. The van der Waals surface area contributed by atoms with Crippen molar-refractivity contribution in [1.82, 2.24) is 15.0 Å². The molecule has 3 rings (SSSR count). The van der Waals surface area contributed by atoms with E-state index in [0.717, 1.165) is 0 Å². The highest BCUT2D eigenvalue weighted by Gasteiger charge is 2.13. The van der Waals surface area contributed by atoms with Crippen LogP contribution in [0.2, 0.25) is 0 Å². The Kier molecular flexibility index (Phi) is 4.24. The van der Waals surface area contributed by atoms with Gasteiger partial charge in [-0.1, -0.05) is 24.3 Å². The fourth-order valence-electron chi connectivity index (χ4n) is 2.00. The quantitative estimate of drug-likeness (QED) is 0.802. The zero-order valence-corrected chi connectivity index (χ0v) is 12.4. The van der Waals surface area contributed by atoms with E-state index in [2.05, 4.69) is 20.3 Å². The largest absolute Gasteiger partial charge is 0.491 e. The van der Waals surface area contributed by atoms with Crippen molar-refractivity contribution in [3.05, 3.63) is 66.5 Å². The van der Waals surface area contributed by atoms with Gasteiger partial charge < -0.3 is 10.1 Å². The van der Waals surface area contributed by atoms with Gasteiger partial charge in [0.05, 0.1) is 13.3 Å². The number of carbonyl (C=O) groups is 1. The maximum absolute atomic E-state index is 12.3. The summed E-state index contributed by atoms with van der Waals surface area (Å²) in [5.74, 6) is 0.829. The van der Waals surface area contributed by atoms with Crippen molar-refractivity contribution in [3.8, 4) is 17.3 Å². The smallest absolute Gasteiger partial charge is 0.256 e. The van der Waals surface area contributed by atoms with Crippen molar-refractivity contribution in [3.63, 3.8) is 0 Å². The normalized spacial score (nSPS) is 10.1. The first-order chi connectivity index (χ1) is 11.3. The highest BCUT2D eigenvalue weighted by atomic mass is 16.5. The molecule has 6 heteroatoms. The summed E-state index contributed by atoms with van der Waals surface area (Å²) in [6, 6.07) is 14.3. The van der Waals surface area contributed by atoms with Crippen LogP contribution in [0.15, 0.2) is 60.9 Å². The lowest BCUT2D eigenvalue weighted by Gasteiger charge is -2.10. The monoisotopic (exact) mass is 306 g/mol. The fraction of sp³-hybridized carbons (Fsp3) is 0.0588. The summed E-state index contributed by atoms with van der Waals surface area (Å²) < 4.78 is 5.21. The number of amides is 1. The number of nitrogens with one attached hydrogen (secondary N) is 1. The van der Waals surface area contributed by atoms with Gasteiger partial charge in [-0.25, -0.2) is 9.97 Å².